The second-order valence-corrected chi connectivity index (χ2v) is 4.93. The fourth-order valence-corrected chi connectivity index (χ4v) is 2.49. The summed E-state index contributed by atoms with van der Waals surface area (Å²) in [5.41, 5.74) is 8.55. The number of nitrogens with two attached hydrogens (primary N) is 1. The molecule has 20 heavy (non-hydrogen) atoms. The third-order valence-electron chi connectivity index (χ3n) is 3.55. The van der Waals surface area contributed by atoms with E-state index in [-0.39, 0.29) is 5.82 Å². The van der Waals surface area contributed by atoms with Crippen molar-refractivity contribution in [2.45, 2.75) is 6.42 Å². The second kappa shape index (κ2) is 5.41. The highest BCUT2D eigenvalue weighted by Crippen LogP contribution is 2.28. The summed E-state index contributed by atoms with van der Waals surface area (Å²) < 4.78 is 19.0. The highest BCUT2D eigenvalue weighted by Gasteiger charge is 2.19. The Hall–Kier alpha value is -2.23. The summed E-state index contributed by atoms with van der Waals surface area (Å²) >= 11 is 0. The van der Waals surface area contributed by atoms with Crippen LogP contribution in [0.1, 0.15) is 5.56 Å². The minimum Gasteiger partial charge on any atom is -0.492 e. The lowest BCUT2D eigenvalue weighted by atomic mass is 10.2. The molecule has 2 aromatic carbocycles. The lowest BCUT2D eigenvalue weighted by molar-refractivity contribution is 0.324. The molecule has 2 aromatic rings. The maximum Gasteiger partial charge on any atom is 0.125 e. The Morgan fingerprint density at radius 2 is 1.95 bits per heavy atom. The van der Waals surface area contributed by atoms with Crippen LogP contribution in [0.4, 0.5) is 15.8 Å². The van der Waals surface area contributed by atoms with Crippen LogP contribution < -0.4 is 15.4 Å². The van der Waals surface area contributed by atoms with E-state index in [1.54, 1.807) is 6.07 Å². The molecule has 0 amide bonds. The molecular formula is C16H17FN2O. The second-order valence-electron chi connectivity index (χ2n) is 4.93. The van der Waals surface area contributed by atoms with Gasteiger partial charge in [0.1, 0.15) is 18.2 Å². The number of nitrogens with zero attached hydrogens (tertiary/aromatic N) is 1. The maximum atomic E-state index is 13.3. The Kier molecular flexibility index (Phi) is 3.46. The Labute approximate surface area is 117 Å². The molecule has 4 heteroatoms. The van der Waals surface area contributed by atoms with Gasteiger partial charge in [0.2, 0.25) is 0 Å². The van der Waals surface area contributed by atoms with E-state index in [1.807, 2.05) is 30.3 Å². The van der Waals surface area contributed by atoms with E-state index in [4.69, 9.17) is 10.5 Å². The Bertz CT molecular complexity index is 598. The third-order valence-corrected chi connectivity index (χ3v) is 3.55. The quantitative estimate of drug-likeness (QED) is 0.870. The molecule has 0 saturated heterocycles. The zero-order valence-electron chi connectivity index (χ0n) is 11.2. The van der Waals surface area contributed by atoms with Crippen molar-refractivity contribution in [1.82, 2.24) is 0 Å². The normalized spacial score (nSPS) is 13.3. The third kappa shape index (κ3) is 2.69. The smallest absolute Gasteiger partial charge is 0.125 e. The summed E-state index contributed by atoms with van der Waals surface area (Å²) in [7, 11) is 0. The Morgan fingerprint density at radius 3 is 2.75 bits per heavy atom. The molecule has 104 valence electrons. The molecule has 0 bridgehead atoms. The van der Waals surface area contributed by atoms with Gasteiger partial charge in [0.25, 0.3) is 0 Å². The molecule has 0 atom stereocenters. The molecule has 3 nitrogen and oxygen atoms in total. The molecule has 1 aliphatic rings. The monoisotopic (exact) mass is 272 g/mol. The minimum atomic E-state index is -0.185. The number of benzene rings is 2. The first-order valence-electron chi connectivity index (χ1n) is 6.74. The van der Waals surface area contributed by atoms with Crippen LogP contribution in [0.3, 0.4) is 0 Å². The van der Waals surface area contributed by atoms with Gasteiger partial charge in [-0.2, -0.15) is 0 Å². The molecule has 0 aliphatic carbocycles. The fraction of sp³-hybridized carbons (Fsp3) is 0.250. The highest BCUT2D eigenvalue weighted by atomic mass is 19.1. The number of rotatable bonds is 4. The van der Waals surface area contributed by atoms with Gasteiger partial charge in [0, 0.05) is 17.9 Å². The van der Waals surface area contributed by atoms with Crippen LogP contribution >= 0.6 is 0 Å². The van der Waals surface area contributed by atoms with Gasteiger partial charge in [0.15, 0.2) is 0 Å². The Balaban J connectivity index is 1.58. The van der Waals surface area contributed by atoms with E-state index in [0.717, 1.165) is 36.6 Å². The zero-order chi connectivity index (χ0) is 13.9. The lowest BCUT2D eigenvalue weighted by Crippen LogP contribution is -2.26. The van der Waals surface area contributed by atoms with Gasteiger partial charge in [-0.15, -0.1) is 0 Å². The predicted molar refractivity (Wildman–Crippen MR) is 78.7 cm³/mol. The van der Waals surface area contributed by atoms with Gasteiger partial charge in [-0.1, -0.05) is 6.07 Å². The summed E-state index contributed by atoms with van der Waals surface area (Å²) in [5.74, 6) is 0.618. The van der Waals surface area contributed by atoms with Gasteiger partial charge in [-0.25, -0.2) is 4.39 Å². The van der Waals surface area contributed by atoms with Crippen LogP contribution in [-0.2, 0) is 6.42 Å². The first-order chi connectivity index (χ1) is 9.72. The number of hydrogen-bond acceptors (Lipinski definition) is 3. The number of anilines is 2. The summed E-state index contributed by atoms with van der Waals surface area (Å²) in [4.78, 5) is 2.16. The van der Waals surface area contributed by atoms with Crippen LogP contribution in [0, 0.1) is 5.82 Å². The molecule has 1 heterocycles. The SMILES string of the molecule is Nc1ccc(OCCN2CCc3ccc(F)cc32)cc1. The molecule has 0 fully saturated rings. The summed E-state index contributed by atoms with van der Waals surface area (Å²) in [6, 6.07) is 12.3. The van der Waals surface area contributed by atoms with E-state index in [9.17, 15) is 4.39 Å². The van der Waals surface area contributed by atoms with Crippen molar-refractivity contribution < 1.29 is 9.13 Å². The van der Waals surface area contributed by atoms with E-state index in [1.165, 1.54) is 11.6 Å². The van der Waals surface area contributed by atoms with Crippen LogP contribution in [0.25, 0.3) is 0 Å². The van der Waals surface area contributed by atoms with Crippen molar-refractivity contribution in [3.63, 3.8) is 0 Å². The first-order valence-corrected chi connectivity index (χ1v) is 6.74. The standard InChI is InChI=1S/C16H17FN2O/c17-13-2-1-12-7-8-19(16(12)11-13)9-10-20-15-5-3-14(18)4-6-15/h1-6,11H,7-10,18H2. The topological polar surface area (TPSA) is 38.5 Å². The van der Waals surface area contributed by atoms with Crippen molar-refractivity contribution in [3.8, 4) is 5.75 Å². The highest BCUT2D eigenvalue weighted by molar-refractivity contribution is 5.58. The van der Waals surface area contributed by atoms with Gasteiger partial charge in [-0.3, -0.25) is 0 Å². The molecular weight excluding hydrogens is 255 g/mol. The number of fused-ring (bicyclic) bond motifs is 1. The first kappa shape index (κ1) is 12.8. The zero-order valence-corrected chi connectivity index (χ0v) is 11.2. The number of nitrogen functional groups attached to an aromatic ring is 1. The number of ether oxygens (including phenoxy) is 1. The van der Waals surface area contributed by atoms with Crippen LogP contribution in [0.5, 0.6) is 5.75 Å². The van der Waals surface area contributed by atoms with E-state index >= 15 is 0 Å². The molecule has 0 unspecified atom stereocenters. The van der Waals surface area contributed by atoms with Crippen LogP contribution in [0.15, 0.2) is 42.5 Å². The molecule has 0 saturated carbocycles. The van der Waals surface area contributed by atoms with Gasteiger partial charge in [0.05, 0.1) is 6.54 Å². The van der Waals surface area contributed by atoms with Crippen molar-refractivity contribution >= 4 is 11.4 Å². The fourth-order valence-electron chi connectivity index (χ4n) is 2.49. The minimum absolute atomic E-state index is 0.185. The summed E-state index contributed by atoms with van der Waals surface area (Å²) in [6.07, 6.45) is 0.970. The maximum absolute atomic E-state index is 13.3. The lowest BCUT2D eigenvalue weighted by Gasteiger charge is -2.19. The van der Waals surface area contributed by atoms with E-state index in [0.29, 0.717) is 6.61 Å². The number of halogens is 1. The number of hydrogen-bond donors (Lipinski definition) is 1. The molecule has 1 aliphatic heterocycles. The van der Waals surface area contributed by atoms with Crippen molar-refractivity contribution in [1.29, 1.82) is 0 Å². The summed E-state index contributed by atoms with van der Waals surface area (Å²) in [5, 5.41) is 0. The van der Waals surface area contributed by atoms with Gasteiger partial charge in [-0.05, 0) is 48.4 Å². The van der Waals surface area contributed by atoms with Crippen LogP contribution in [0.2, 0.25) is 0 Å². The molecule has 0 spiro atoms. The van der Waals surface area contributed by atoms with Crippen LogP contribution in [-0.4, -0.2) is 19.7 Å². The van der Waals surface area contributed by atoms with Gasteiger partial charge < -0.3 is 15.4 Å². The molecule has 0 aromatic heterocycles. The van der Waals surface area contributed by atoms with E-state index < -0.39 is 0 Å². The predicted octanol–water partition coefficient (Wildman–Crippen LogP) is 2.85. The Morgan fingerprint density at radius 1 is 1.15 bits per heavy atom. The van der Waals surface area contributed by atoms with Crippen molar-refractivity contribution in [2.75, 3.05) is 30.3 Å². The molecule has 2 N–H and O–H groups in total. The van der Waals surface area contributed by atoms with Crippen molar-refractivity contribution in [3.05, 3.63) is 53.8 Å². The molecule has 0 radical (unpaired) electrons. The average molecular weight is 272 g/mol. The molecule has 3 rings (SSSR count). The largest absolute Gasteiger partial charge is 0.492 e. The van der Waals surface area contributed by atoms with E-state index in [2.05, 4.69) is 4.90 Å². The summed E-state index contributed by atoms with van der Waals surface area (Å²) in [6.45, 7) is 2.24. The van der Waals surface area contributed by atoms with Crippen molar-refractivity contribution in [2.24, 2.45) is 0 Å². The average Bonchev–Trinajstić information content (AvgIpc) is 2.84. The van der Waals surface area contributed by atoms with Gasteiger partial charge >= 0.3 is 0 Å².